The molecule has 0 radical (unpaired) electrons. The monoisotopic (exact) mass is 212 g/mol. The molecule has 0 heteroatoms. The highest BCUT2D eigenvalue weighted by Gasteiger charge is 2.34. The minimum absolute atomic E-state index is 0.460. The molecule has 0 aliphatic rings. The Balaban J connectivity index is 4.48. The van der Waals surface area contributed by atoms with Gasteiger partial charge in [-0.3, -0.25) is 0 Å². The summed E-state index contributed by atoms with van der Waals surface area (Å²) in [5, 5.41) is 0. The van der Waals surface area contributed by atoms with Crippen LogP contribution in [0.5, 0.6) is 0 Å². The standard InChI is InChI=1S/C15H32/c1-9-10-12(4)13(5)14(6)15(7,8)11(2)3/h11-14H,9-10H2,1-8H3. The first-order valence-corrected chi connectivity index (χ1v) is 6.75. The Morgan fingerprint density at radius 2 is 1.40 bits per heavy atom. The van der Waals surface area contributed by atoms with Crippen LogP contribution in [0.2, 0.25) is 0 Å². The first-order valence-electron chi connectivity index (χ1n) is 6.75. The van der Waals surface area contributed by atoms with Gasteiger partial charge in [0.15, 0.2) is 0 Å². The molecular weight excluding hydrogens is 180 g/mol. The SMILES string of the molecule is CCCC(C)C(C)C(C)C(C)(C)C(C)C. The molecule has 3 atom stereocenters. The smallest absolute Gasteiger partial charge is 0.0303 e. The van der Waals surface area contributed by atoms with Gasteiger partial charge in [-0.25, -0.2) is 0 Å². The highest BCUT2D eigenvalue weighted by molar-refractivity contribution is 4.83. The number of hydrogen-bond donors (Lipinski definition) is 0. The van der Waals surface area contributed by atoms with E-state index in [0.29, 0.717) is 5.41 Å². The quantitative estimate of drug-likeness (QED) is 0.554. The number of rotatable bonds is 6. The summed E-state index contributed by atoms with van der Waals surface area (Å²) in [5.74, 6) is 3.27. The second kappa shape index (κ2) is 5.92. The highest BCUT2D eigenvalue weighted by Crippen LogP contribution is 2.41. The van der Waals surface area contributed by atoms with Crippen LogP contribution in [0.3, 0.4) is 0 Å². The van der Waals surface area contributed by atoms with Crippen LogP contribution in [0.25, 0.3) is 0 Å². The van der Waals surface area contributed by atoms with Crippen molar-refractivity contribution in [3.05, 3.63) is 0 Å². The molecule has 0 saturated heterocycles. The molecule has 92 valence electrons. The van der Waals surface area contributed by atoms with E-state index in [1.165, 1.54) is 12.8 Å². The molecule has 0 aromatic carbocycles. The second-order valence-corrected chi connectivity index (χ2v) is 6.39. The van der Waals surface area contributed by atoms with E-state index in [1.54, 1.807) is 0 Å². The van der Waals surface area contributed by atoms with E-state index >= 15 is 0 Å². The summed E-state index contributed by atoms with van der Waals surface area (Å²) in [6.07, 6.45) is 2.69. The van der Waals surface area contributed by atoms with Crippen molar-refractivity contribution in [2.24, 2.45) is 29.1 Å². The molecule has 0 heterocycles. The predicted molar refractivity (Wildman–Crippen MR) is 71.0 cm³/mol. The van der Waals surface area contributed by atoms with E-state index in [2.05, 4.69) is 55.4 Å². The number of hydrogen-bond acceptors (Lipinski definition) is 0. The van der Waals surface area contributed by atoms with Gasteiger partial charge in [-0.15, -0.1) is 0 Å². The molecule has 0 fully saturated rings. The molecule has 0 aromatic heterocycles. The summed E-state index contributed by atoms with van der Waals surface area (Å²) >= 11 is 0. The first kappa shape index (κ1) is 15.0. The third-order valence-electron chi connectivity index (χ3n) is 5.09. The lowest BCUT2D eigenvalue weighted by molar-refractivity contribution is 0.0785. The Kier molecular flexibility index (Phi) is 5.92. The summed E-state index contributed by atoms with van der Waals surface area (Å²) in [4.78, 5) is 0. The summed E-state index contributed by atoms with van der Waals surface area (Å²) in [6, 6.07) is 0. The zero-order valence-corrected chi connectivity index (χ0v) is 12.2. The van der Waals surface area contributed by atoms with Crippen LogP contribution in [0.1, 0.15) is 68.2 Å². The van der Waals surface area contributed by atoms with Crippen molar-refractivity contribution in [3.63, 3.8) is 0 Å². The van der Waals surface area contributed by atoms with Crippen molar-refractivity contribution in [3.8, 4) is 0 Å². The van der Waals surface area contributed by atoms with Crippen molar-refractivity contribution in [1.82, 2.24) is 0 Å². The molecule has 0 aliphatic heterocycles. The topological polar surface area (TPSA) is 0 Å². The van der Waals surface area contributed by atoms with Crippen molar-refractivity contribution in [2.75, 3.05) is 0 Å². The van der Waals surface area contributed by atoms with Gasteiger partial charge in [0.1, 0.15) is 0 Å². The van der Waals surface area contributed by atoms with Crippen LogP contribution in [-0.2, 0) is 0 Å². The van der Waals surface area contributed by atoms with E-state index in [-0.39, 0.29) is 0 Å². The molecule has 0 spiro atoms. The molecular formula is C15H32. The molecule has 0 nitrogen and oxygen atoms in total. The molecule has 0 aliphatic carbocycles. The molecule has 3 unspecified atom stereocenters. The van der Waals surface area contributed by atoms with Gasteiger partial charge in [-0.1, -0.05) is 68.2 Å². The van der Waals surface area contributed by atoms with Crippen molar-refractivity contribution in [2.45, 2.75) is 68.2 Å². The van der Waals surface area contributed by atoms with Gasteiger partial charge in [0.25, 0.3) is 0 Å². The van der Waals surface area contributed by atoms with E-state index in [4.69, 9.17) is 0 Å². The zero-order chi connectivity index (χ0) is 12.2. The Bertz CT molecular complexity index is 167. The summed E-state index contributed by atoms with van der Waals surface area (Å²) in [7, 11) is 0. The Labute approximate surface area is 97.8 Å². The summed E-state index contributed by atoms with van der Waals surface area (Å²) < 4.78 is 0. The first-order chi connectivity index (χ1) is 6.75. The summed E-state index contributed by atoms with van der Waals surface area (Å²) in [6.45, 7) is 19.2. The van der Waals surface area contributed by atoms with Crippen LogP contribution in [0.15, 0.2) is 0 Å². The third kappa shape index (κ3) is 3.81. The Morgan fingerprint density at radius 3 is 1.73 bits per heavy atom. The lowest BCUT2D eigenvalue weighted by Crippen LogP contribution is -2.34. The normalized spacial score (nSPS) is 19.0. The average Bonchev–Trinajstić information content (AvgIpc) is 2.15. The summed E-state index contributed by atoms with van der Waals surface area (Å²) in [5.41, 5.74) is 0.460. The van der Waals surface area contributed by atoms with Crippen LogP contribution >= 0.6 is 0 Å². The van der Waals surface area contributed by atoms with Crippen molar-refractivity contribution < 1.29 is 0 Å². The van der Waals surface area contributed by atoms with Crippen molar-refractivity contribution in [1.29, 1.82) is 0 Å². The fourth-order valence-corrected chi connectivity index (χ4v) is 2.41. The van der Waals surface area contributed by atoms with Crippen LogP contribution in [0.4, 0.5) is 0 Å². The fraction of sp³-hybridized carbons (Fsp3) is 1.00. The molecule has 0 N–H and O–H groups in total. The Morgan fingerprint density at radius 1 is 0.933 bits per heavy atom. The minimum Gasteiger partial charge on any atom is -0.0654 e. The minimum atomic E-state index is 0.460. The lowest BCUT2D eigenvalue weighted by atomic mass is 9.64. The Hall–Kier alpha value is 0. The second-order valence-electron chi connectivity index (χ2n) is 6.39. The maximum Gasteiger partial charge on any atom is -0.0303 e. The maximum atomic E-state index is 2.44. The molecule has 0 rings (SSSR count). The zero-order valence-electron chi connectivity index (χ0n) is 12.2. The van der Waals surface area contributed by atoms with Gasteiger partial charge in [0.2, 0.25) is 0 Å². The van der Waals surface area contributed by atoms with Gasteiger partial charge in [0, 0.05) is 0 Å². The van der Waals surface area contributed by atoms with Gasteiger partial charge < -0.3 is 0 Å². The fourth-order valence-electron chi connectivity index (χ4n) is 2.41. The van der Waals surface area contributed by atoms with Gasteiger partial charge in [-0.2, -0.15) is 0 Å². The maximum absolute atomic E-state index is 2.44. The van der Waals surface area contributed by atoms with E-state index in [1.807, 2.05) is 0 Å². The average molecular weight is 212 g/mol. The third-order valence-corrected chi connectivity index (χ3v) is 5.09. The molecule has 0 aromatic rings. The van der Waals surface area contributed by atoms with Gasteiger partial charge in [0.05, 0.1) is 0 Å². The van der Waals surface area contributed by atoms with Crippen LogP contribution in [0, 0.1) is 29.1 Å². The molecule has 0 amide bonds. The lowest BCUT2D eigenvalue weighted by Gasteiger charge is -2.41. The molecule has 0 bridgehead atoms. The molecule has 15 heavy (non-hydrogen) atoms. The van der Waals surface area contributed by atoms with E-state index < -0.39 is 0 Å². The van der Waals surface area contributed by atoms with Gasteiger partial charge >= 0.3 is 0 Å². The largest absolute Gasteiger partial charge is 0.0654 e. The van der Waals surface area contributed by atoms with Gasteiger partial charge in [-0.05, 0) is 29.1 Å². The molecule has 0 saturated carbocycles. The predicted octanol–water partition coefficient (Wildman–Crippen LogP) is 5.38. The van der Waals surface area contributed by atoms with Crippen LogP contribution in [-0.4, -0.2) is 0 Å². The van der Waals surface area contributed by atoms with E-state index in [0.717, 1.165) is 23.7 Å². The highest BCUT2D eigenvalue weighted by atomic mass is 14.4. The van der Waals surface area contributed by atoms with E-state index in [9.17, 15) is 0 Å². The van der Waals surface area contributed by atoms with Crippen molar-refractivity contribution >= 4 is 0 Å². The van der Waals surface area contributed by atoms with Crippen LogP contribution < -0.4 is 0 Å².